The van der Waals surface area contributed by atoms with Gasteiger partial charge in [-0.15, -0.1) is 0 Å². The topological polar surface area (TPSA) is 104 Å². The van der Waals surface area contributed by atoms with E-state index in [4.69, 9.17) is 5.73 Å². The van der Waals surface area contributed by atoms with Crippen LogP contribution in [0.2, 0.25) is 0 Å². The molecule has 0 atom stereocenters. The maximum Gasteiger partial charge on any atom is 0.330 e. The van der Waals surface area contributed by atoms with Gasteiger partial charge >= 0.3 is 5.69 Å². The average Bonchev–Trinajstić information content (AvgIpc) is 2.84. The number of benzene rings is 2. The van der Waals surface area contributed by atoms with Gasteiger partial charge in [-0.3, -0.25) is 19.1 Å². The molecule has 0 saturated carbocycles. The van der Waals surface area contributed by atoms with Crippen molar-refractivity contribution in [3.05, 3.63) is 86.1 Å². The third kappa shape index (κ3) is 5.31. The van der Waals surface area contributed by atoms with E-state index < -0.39 is 11.2 Å². The lowest BCUT2D eigenvalue weighted by molar-refractivity contribution is -0.117. The molecular formula is C27H33N5O3. The number of aromatic amines is 1. The minimum Gasteiger partial charge on any atom is -0.383 e. The van der Waals surface area contributed by atoms with Gasteiger partial charge in [0, 0.05) is 18.8 Å². The Morgan fingerprint density at radius 2 is 1.91 bits per heavy atom. The number of nitrogens with two attached hydrogens (primary N) is 1. The molecule has 4 rings (SSSR count). The highest BCUT2D eigenvalue weighted by molar-refractivity contribution is 5.98. The van der Waals surface area contributed by atoms with Crippen LogP contribution in [0.5, 0.6) is 0 Å². The molecule has 2 aromatic carbocycles. The smallest absolute Gasteiger partial charge is 0.330 e. The van der Waals surface area contributed by atoms with E-state index in [-0.39, 0.29) is 30.5 Å². The second-order valence-corrected chi connectivity index (χ2v) is 9.12. The fraction of sp³-hybridized carbons (Fsp3) is 0.370. The molecule has 35 heavy (non-hydrogen) atoms. The van der Waals surface area contributed by atoms with Crippen LogP contribution in [0.1, 0.15) is 42.9 Å². The lowest BCUT2D eigenvalue weighted by Crippen LogP contribution is -2.46. The van der Waals surface area contributed by atoms with E-state index in [1.54, 1.807) is 0 Å². The number of aromatic nitrogens is 2. The van der Waals surface area contributed by atoms with Gasteiger partial charge in [0.25, 0.3) is 5.56 Å². The molecule has 2 heterocycles. The summed E-state index contributed by atoms with van der Waals surface area (Å²) in [5.41, 5.74) is 9.56. The van der Waals surface area contributed by atoms with Crippen molar-refractivity contribution >= 4 is 23.1 Å². The maximum atomic E-state index is 13.6. The molecule has 0 fully saturated rings. The Labute approximate surface area is 205 Å². The van der Waals surface area contributed by atoms with Gasteiger partial charge in [0.1, 0.15) is 5.82 Å². The van der Waals surface area contributed by atoms with Crippen molar-refractivity contribution in [2.45, 2.75) is 46.1 Å². The first-order valence-electron chi connectivity index (χ1n) is 12.2. The Bertz CT molecular complexity index is 1310. The van der Waals surface area contributed by atoms with Gasteiger partial charge in [-0.05, 0) is 43.4 Å². The van der Waals surface area contributed by atoms with Gasteiger partial charge in [0.15, 0.2) is 5.69 Å². The number of carbonyl (C=O) groups is 1. The Morgan fingerprint density at radius 1 is 1.14 bits per heavy atom. The minimum absolute atomic E-state index is 0.00160. The second kappa shape index (κ2) is 10.6. The molecule has 8 heteroatoms. The third-order valence-electron chi connectivity index (χ3n) is 6.48. The third-order valence-corrected chi connectivity index (χ3v) is 6.48. The van der Waals surface area contributed by atoms with Crippen LogP contribution in [0.3, 0.4) is 0 Å². The number of rotatable bonds is 8. The van der Waals surface area contributed by atoms with Crippen LogP contribution in [-0.4, -0.2) is 35.1 Å². The van der Waals surface area contributed by atoms with Crippen molar-refractivity contribution in [2.24, 2.45) is 0 Å². The number of fused-ring (bicyclic) bond motifs is 1. The fourth-order valence-electron chi connectivity index (χ4n) is 4.66. The monoisotopic (exact) mass is 475 g/mol. The summed E-state index contributed by atoms with van der Waals surface area (Å²) in [5.74, 6) is -0.212. The number of H-pyrrole nitrogens is 1. The molecule has 0 saturated heterocycles. The first-order chi connectivity index (χ1) is 16.9. The molecule has 0 unspecified atom stereocenters. The fourth-order valence-corrected chi connectivity index (χ4v) is 4.66. The van der Waals surface area contributed by atoms with E-state index >= 15 is 0 Å². The van der Waals surface area contributed by atoms with Crippen LogP contribution in [0.25, 0.3) is 0 Å². The first kappa shape index (κ1) is 24.3. The van der Waals surface area contributed by atoms with Gasteiger partial charge in [-0.1, -0.05) is 61.4 Å². The Balaban J connectivity index is 1.68. The van der Waals surface area contributed by atoms with Crippen molar-refractivity contribution < 1.29 is 4.79 Å². The highest BCUT2D eigenvalue weighted by atomic mass is 16.2. The first-order valence-corrected chi connectivity index (χ1v) is 12.2. The molecule has 8 nitrogen and oxygen atoms in total. The van der Waals surface area contributed by atoms with Gasteiger partial charge in [-0.2, -0.15) is 0 Å². The van der Waals surface area contributed by atoms with Crippen molar-refractivity contribution in [2.75, 3.05) is 35.2 Å². The molecule has 0 bridgehead atoms. The zero-order valence-electron chi connectivity index (χ0n) is 20.4. The summed E-state index contributed by atoms with van der Waals surface area (Å²) in [6.45, 7) is 5.54. The van der Waals surface area contributed by atoms with Crippen molar-refractivity contribution in [1.82, 2.24) is 9.55 Å². The summed E-state index contributed by atoms with van der Waals surface area (Å²) < 4.78 is 1.32. The Hall–Kier alpha value is -3.81. The molecule has 1 amide bonds. The number of hydrogen-bond acceptors (Lipinski definition) is 5. The number of nitrogens with one attached hydrogen (secondary N) is 1. The highest BCUT2D eigenvalue weighted by Gasteiger charge is 2.27. The molecule has 1 aliphatic rings. The summed E-state index contributed by atoms with van der Waals surface area (Å²) in [6, 6.07) is 15.7. The number of unbranched alkanes of at least 4 members (excludes halogenated alkanes) is 1. The summed E-state index contributed by atoms with van der Waals surface area (Å²) in [5, 5.41) is 0. The summed E-state index contributed by atoms with van der Waals surface area (Å²) >= 11 is 0. The van der Waals surface area contributed by atoms with Crippen molar-refractivity contribution in [1.29, 1.82) is 0 Å². The van der Waals surface area contributed by atoms with Crippen molar-refractivity contribution in [3.63, 3.8) is 0 Å². The van der Waals surface area contributed by atoms with Crippen LogP contribution < -0.4 is 26.8 Å². The molecule has 3 aromatic rings. The number of nitrogen functional groups attached to an aromatic ring is 1. The predicted molar refractivity (Wildman–Crippen MR) is 140 cm³/mol. The van der Waals surface area contributed by atoms with E-state index in [1.807, 2.05) is 37.3 Å². The quantitative estimate of drug-likeness (QED) is 0.521. The Kier molecular flexibility index (Phi) is 7.39. The number of carbonyl (C=O) groups excluding carboxylic acids is 1. The van der Waals surface area contributed by atoms with Crippen LogP contribution >= 0.6 is 0 Å². The number of hydrogen-bond donors (Lipinski definition) is 2. The van der Waals surface area contributed by atoms with E-state index in [0.29, 0.717) is 13.0 Å². The zero-order chi connectivity index (χ0) is 24.9. The predicted octanol–water partition coefficient (Wildman–Crippen LogP) is 3.06. The van der Waals surface area contributed by atoms with Gasteiger partial charge < -0.3 is 15.5 Å². The zero-order valence-corrected chi connectivity index (χ0v) is 20.4. The summed E-state index contributed by atoms with van der Waals surface area (Å²) in [7, 11) is 0. The van der Waals surface area contributed by atoms with E-state index in [1.165, 1.54) is 20.6 Å². The Morgan fingerprint density at radius 3 is 2.66 bits per heavy atom. The van der Waals surface area contributed by atoms with Crippen LogP contribution in [0, 0.1) is 6.92 Å². The van der Waals surface area contributed by atoms with Crippen molar-refractivity contribution in [3.8, 4) is 0 Å². The highest BCUT2D eigenvalue weighted by Crippen LogP contribution is 2.28. The molecule has 0 spiro atoms. The molecule has 0 radical (unpaired) electrons. The van der Waals surface area contributed by atoms with E-state index in [0.717, 1.165) is 37.1 Å². The van der Waals surface area contributed by atoms with Gasteiger partial charge in [0.2, 0.25) is 5.91 Å². The second-order valence-electron chi connectivity index (χ2n) is 9.12. The van der Waals surface area contributed by atoms with Gasteiger partial charge in [0.05, 0.1) is 13.1 Å². The van der Waals surface area contributed by atoms with E-state index in [2.05, 4.69) is 35.0 Å². The maximum absolute atomic E-state index is 13.6. The average molecular weight is 476 g/mol. The van der Waals surface area contributed by atoms with E-state index in [9.17, 15) is 14.4 Å². The molecule has 0 aliphatic carbocycles. The lowest BCUT2D eigenvalue weighted by Gasteiger charge is -2.33. The SMILES string of the molecule is CCCCN(C(=O)CN1CCCc2cc(C)ccc21)c1c(N)n(Cc2ccccc2)c(=O)[nH]c1=O. The molecule has 184 valence electrons. The molecule has 1 aromatic heterocycles. The van der Waals surface area contributed by atoms with Crippen LogP contribution in [0.15, 0.2) is 58.1 Å². The standard InChI is InChI=1S/C27H33N5O3/c1-3-4-15-31(23(33)18-30-14-8-11-21-16-19(2)12-13-22(21)30)24-25(28)32(27(35)29-26(24)34)17-20-9-6-5-7-10-20/h5-7,9-10,12-13,16H,3-4,8,11,14-15,17-18,28H2,1-2H3,(H,29,34,35). The number of anilines is 3. The normalized spacial score (nSPS) is 12.9. The molecule has 1 aliphatic heterocycles. The summed E-state index contributed by atoms with van der Waals surface area (Å²) in [4.78, 5) is 45.1. The number of aryl methyl sites for hydroxylation is 2. The number of nitrogens with zero attached hydrogens (tertiary/aromatic N) is 3. The van der Waals surface area contributed by atoms with Crippen LogP contribution in [0.4, 0.5) is 17.2 Å². The minimum atomic E-state index is -0.643. The summed E-state index contributed by atoms with van der Waals surface area (Å²) in [6.07, 6.45) is 3.50. The van der Waals surface area contributed by atoms with Gasteiger partial charge in [-0.25, -0.2) is 4.79 Å². The van der Waals surface area contributed by atoms with Crippen LogP contribution in [-0.2, 0) is 17.8 Å². The molecular weight excluding hydrogens is 442 g/mol. The largest absolute Gasteiger partial charge is 0.383 e. The number of amides is 1. The molecule has 3 N–H and O–H groups in total. The lowest BCUT2D eigenvalue weighted by atomic mass is 9.99.